The van der Waals surface area contributed by atoms with Crippen LogP contribution in [0.4, 0.5) is 32.2 Å². The Kier molecular flexibility index (Phi) is 11.6. The van der Waals surface area contributed by atoms with Gasteiger partial charge in [-0.15, -0.1) is 0 Å². The summed E-state index contributed by atoms with van der Waals surface area (Å²) in [5.41, 5.74) is 2.51. The lowest BCUT2D eigenvalue weighted by Gasteiger charge is -2.35. The predicted octanol–water partition coefficient (Wildman–Crippen LogP) is 2.75. The summed E-state index contributed by atoms with van der Waals surface area (Å²) in [6.07, 6.45) is -2.64. The highest BCUT2D eigenvalue weighted by Gasteiger charge is 2.38. The number of carboxylic acids is 2. The van der Waals surface area contributed by atoms with Gasteiger partial charge in [-0.05, 0) is 12.5 Å². The minimum Gasteiger partial charge on any atom is -0.475 e. The number of rotatable bonds is 5. The molecule has 36 heavy (non-hydrogen) atoms. The zero-order valence-corrected chi connectivity index (χ0v) is 19.4. The van der Waals surface area contributed by atoms with Gasteiger partial charge in [0.1, 0.15) is 5.82 Å². The monoisotopic (exact) mass is 528 g/mol. The number of piperazine rings is 1. The minimum atomic E-state index is -5.08. The zero-order chi connectivity index (χ0) is 27.5. The Morgan fingerprint density at radius 1 is 0.972 bits per heavy atom. The molecule has 0 atom stereocenters. The predicted molar refractivity (Wildman–Crippen MR) is 114 cm³/mol. The molecule has 1 aliphatic rings. The van der Waals surface area contributed by atoms with Gasteiger partial charge < -0.3 is 15.1 Å². The van der Waals surface area contributed by atoms with Gasteiger partial charge in [-0.2, -0.15) is 31.4 Å². The second kappa shape index (κ2) is 13.6. The molecule has 0 amide bonds. The van der Waals surface area contributed by atoms with Gasteiger partial charge in [0.25, 0.3) is 0 Å². The number of halogens is 6. The maximum absolute atomic E-state index is 10.6. The molecule has 3 rings (SSSR count). The summed E-state index contributed by atoms with van der Waals surface area (Å²) in [5.74, 6) is -4.53. The fourth-order valence-corrected chi connectivity index (χ4v) is 2.92. The molecule has 1 saturated heterocycles. The van der Waals surface area contributed by atoms with Crippen LogP contribution in [-0.4, -0.2) is 85.3 Å². The molecule has 2 aromatic heterocycles. The van der Waals surface area contributed by atoms with Gasteiger partial charge in [-0.3, -0.25) is 14.6 Å². The van der Waals surface area contributed by atoms with Crippen LogP contribution >= 0.6 is 0 Å². The molecule has 2 aromatic rings. The molecule has 0 bridgehead atoms. The number of carboxylic acid groups (broad SMARTS) is 2. The van der Waals surface area contributed by atoms with E-state index >= 15 is 0 Å². The summed E-state index contributed by atoms with van der Waals surface area (Å²) in [6, 6.07) is 2.25. The van der Waals surface area contributed by atoms with Gasteiger partial charge in [0.05, 0.1) is 17.6 Å². The molecule has 10 nitrogen and oxygen atoms in total. The molecule has 202 valence electrons. The van der Waals surface area contributed by atoms with E-state index in [9.17, 15) is 26.3 Å². The lowest BCUT2D eigenvalue weighted by molar-refractivity contribution is -0.193. The highest BCUT2D eigenvalue weighted by Crippen LogP contribution is 2.15. The van der Waals surface area contributed by atoms with E-state index in [1.807, 2.05) is 17.9 Å². The number of hydrogen-bond donors (Lipinski definition) is 2. The Morgan fingerprint density at radius 3 is 1.92 bits per heavy atom. The summed E-state index contributed by atoms with van der Waals surface area (Å²) < 4.78 is 65.5. The third-order valence-corrected chi connectivity index (χ3v) is 4.65. The zero-order valence-electron chi connectivity index (χ0n) is 19.4. The van der Waals surface area contributed by atoms with Crippen molar-refractivity contribution < 1.29 is 46.1 Å². The second-order valence-electron chi connectivity index (χ2n) is 7.43. The summed E-state index contributed by atoms with van der Waals surface area (Å²) in [5, 5.41) is 18.8. The smallest absolute Gasteiger partial charge is 0.475 e. The topological polar surface area (TPSA) is 125 Å². The average Bonchev–Trinajstić information content (AvgIpc) is 3.13. The van der Waals surface area contributed by atoms with Gasteiger partial charge in [0.2, 0.25) is 0 Å². The number of hydrogen-bond acceptors (Lipinski definition) is 7. The SMILES string of the molecule is CCCc1cc(CN2CCN(c3cnccn3)CC2)n(C)n1.O=C(O)C(F)(F)F.O=C(O)C(F)(F)F. The maximum atomic E-state index is 10.6. The first-order valence-electron chi connectivity index (χ1n) is 10.5. The molecule has 0 radical (unpaired) electrons. The number of nitrogens with zero attached hydrogens (tertiary/aromatic N) is 6. The van der Waals surface area contributed by atoms with Gasteiger partial charge in [-0.1, -0.05) is 13.3 Å². The quantitative estimate of drug-likeness (QED) is 0.564. The van der Waals surface area contributed by atoms with Gasteiger partial charge in [0.15, 0.2) is 0 Å². The molecule has 2 N–H and O–H groups in total. The van der Waals surface area contributed by atoms with Crippen LogP contribution in [-0.2, 0) is 29.6 Å². The lowest BCUT2D eigenvalue weighted by Crippen LogP contribution is -2.46. The van der Waals surface area contributed by atoms with E-state index in [2.05, 4.69) is 37.9 Å². The molecule has 1 fully saturated rings. The summed E-state index contributed by atoms with van der Waals surface area (Å²) >= 11 is 0. The standard InChI is InChI=1S/C16H24N6.2C2HF3O2/c1-3-4-14-11-15(20(2)19-14)13-21-7-9-22(10-8-21)16-12-17-5-6-18-16;2*3-2(4,5)1(6)7/h5-6,11-12H,3-4,7-10,13H2,1-2H3;2*(H,6,7). The van der Waals surface area contributed by atoms with E-state index in [-0.39, 0.29) is 0 Å². The van der Waals surface area contributed by atoms with E-state index < -0.39 is 24.3 Å². The first-order valence-corrected chi connectivity index (χ1v) is 10.5. The van der Waals surface area contributed by atoms with Gasteiger partial charge >= 0.3 is 24.3 Å². The first kappa shape index (κ1) is 30.6. The highest BCUT2D eigenvalue weighted by atomic mass is 19.4. The third kappa shape index (κ3) is 10.9. The van der Waals surface area contributed by atoms with E-state index in [4.69, 9.17) is 19.8 Å². The van der Waals surface area contributed by atoms with Crippen LogP contribution < -0.4 is 4.90 Å². The van der Waals surface area contributed by atoms with Crippen molar-refractivity contribution in [2.45, 2.75) is 38.7 Å². The molecular formula is C20H26F6N6O4. The van der Waals surface area contributed by atoms with Crippen LogP contribution in [0, 0.1) is 0 Å². The Bertz CT molecular complexity index is 936. The minimum absolute atomic E-state index is 0.974. The molecule has 0 saturated carbocycles. The summed E-state index contributed by atoms with van der Waals surface area (Å²) in [7, 11) is 2.05. The van der Waals surface area contributed by atoms with Crippen molar-refractivity contribution >= 4 is 17.8 Å². The van der Waals surface area contributed by atoms with Crippen LogP contribution in [0.25, 0.3) is 0 Å². The van der Waals surface area contributed by atoms with Gasteiger partial charge in [0, 0.05) is 52.2 Å². The Labute approximate surface area is 202 Å². The van der Waals surface area contributed by atoms with E-state index in [0.29, 0.717) is 0 Å². The fourth-order valence-electron chi connectivity index (χ4n) is 2.92. The van der Waals surface area contributed by atoms with Crippen molar-refractivity contribution in [3.05, 3.63) is 36.0 Å². The molecule has 16 heteroatoms. The molecular weight excluding hydrogens is 502 g/mol. The van der Waals surface area contributed by atoms with Crippen molar-refractivity contribution in [1.82, 2.24) is 24.6 Å². The van der Waals surface area contributed by atoms with E-state index in [0.717, 1.165) is 51.4 Å². The van der Waals surface area contributed by atoms with Crippen LogP contribution in [0.3, 0.4) is 0 Å². The highest BCUT2D eigenvalue weighted by molar-refractivity contribution is 5.73. The van der Waals surface area contributed by atoms with Crippen LogP contribution in [0.5, 0.6) is 0 Å². The van der Waals surface area contributed by atoms with Gasteiger partial charge in [-0.25, -0.2) is 14.6 Å². The fraction of sp³-hybridized carbons (Fsp3) is 0.550. The second-order valence-corrected chi connectivity index (χ2v) is 7.43. The molecule has 0 aromatic carbocycles. The number of aliphatic carboxylic acids is 2. The van der Waals surface area contributed by atoms with Crippen molar-refractivity contribution in [3.63, 3.8) is 0 Å². The molecule has 0 aliphatic carbocycles. The van der Waals surface area contributed by atoms with E-state index in [1.54, 1.807) is 12.4 Å². The molecule has 1 aliphatic heterocycles. The average molecular weight is 528 g/mol. The van der Waals surface area contributed by atoms with Crippen molar-refractivity contribution in [1.29, 1.82) is 0 Å². The summed E-state index contributed by atoms with van der Waals surface area (Å²) in [4.78, 5) is 31.1. The molecule has 0 unspecified atom stereocenters. The molecule has 3 heterocycles. The van der Waals surface area contributed by atoms with Crippen molar-refractivity contribution in [3.8, 4) is 0 Å². The largest absolute Gasteiger partial charge is 0.490 e. The third-order valence-electron chi connectivity index (χ3n) is 4.65. The van der Waals surface area contributed by atoms with E-state index in [1.165, 1.54) is 11.4 Å². The normalized spacial score (nSPS) is 14.3. The maximum Gasteiger partial charge on any atom is 0.490 e. The molecule has 0 spiro atoms. The number of carbonyl (C=O) groups is 2. The Morgan fingerprint density at radius 2 is 1.50 bits per heavy atom. The van der Waals surface area contributed by atoms with Crippen LogP contribution in [0.2, 0.25) is 0 Å². The van der Waals surface area contributed by atoms with Crippen molar-refractivity contribution in [2.75, 3.05) is 31.1 Å². The van der Waals surface area contributed by atoms with Crippen molar-refractivity contribution in [2.24, 2.45) is 7.05 Å². The summed E-state index contributed by atoms with van der Waals surface area (Å²) in [6.45, 7) is 7.26. The number of alkyl halides is 6. The number of aryl methyl sites for hydroxylation is 2. The lowest BCUT2D eigenvalue weighted by atomic mass is 10.2. The Hall–Kier alpha value is -3.43. The first-order chi connectivity index (χ1) is 16.6. The number of anilines is 1. The van der Waals surface area contributed by atoms with Crippen LogP contribution in [0.15, 0.2) is 24.7 Å². The van der Waals surface area contributed by atoms with Crippen LogP contribution in [0.1, 0.15) is 24.7 Å². The Balaban J connectivity index is 0.000000383. The number of aromatic nitrogens is 4.